The Balaban J connectivity index is 2.02. The fourth-order valence-corrected chi connectivity index (χ4v) is 4.29. The van der Waals surface area contributed by atoms with Crippen molar-refractivity contribution in [2.24, 2.45) is 14.1 Å². The maximum atomic E-state index is 13.1. The van der Waals surface area contributed by atoms with Crippen LogP contribution in [0.2, 0.25) is 5.02 Å². The van der Waals surface area contributed by atoms with E-state index >= 15 is 0 Å². The van der Waals surface area contributed by atoms with Crippen molar-refractivity contribution in [1.29, 1.82) is 0 Å². The van der Waals surface area contributed by atoms with Gasteiger partial charge in [-0.3, -0.25) is 18.7 Å². The highest BCUT2D eigenvalue weighted by molar-refractivity contribution is 8.00. The van der Waals surface area contributed by atoms with Crippen molar-refractivity contribution in [3.8, 4) is 0 Å². The van der Waals surface area contributed by atoms with Crippen LogP contribution in [-0.2, 0) is 20.6 Å². The van der Waals surface area contributed by atoms with Crippen molar-refractivity contribution in [3.05, 3.63) is 49.6 Å². The maximum absolute atomic E-state index is 13.1. The van der Waals surface area contributed by atoms with Gasteiger partial charge in [-0.25, -0.2) is 9.78 Å². The molecule has 8 nitrogen and oxygen atoms in total. The van der Waals surface area contributed by atoms with E-state index in [-0.39, 0.29) is 11.4 Å². The van der Waals surface area contributed by atoms with E-state index in [0.29, 0.717) is 10.2 Å². The zero-order chi connectivity index (χ0) is 21.5. The number of nitrogens with zero attached hydrogens (tertiary/aromatic N) is 4. The zero-order valence-electron chi connectivity index (χ0n) is 16.6. The molecule has 29 heavy (non-hydrogen) atoms. The number of imidazole rings is 1. The molecular weight excluding hydrogens is 414 g/mol. The standard InChI is InChI=1S/C19H22ClN5O3S/c1-5-8-25-13-7-6-11(20)9-12(13)22-18(25)29-10(2)15(26)14-16(21)23(3)19(28)24(4)17(14)27/h6-7,9-10H,5,8,21H2,1-4H3. The summed E-state index contributed by atoms with van der Waals surface area (Å²) in [5.41, 5.74) is 6.13. The minimum atomic E-state index is -0.697. The first kappa shape index (κ1) is 21.2. The lowest BCUT2D eigenvalue weighted by atomic mass is 10.1. The average molecular weight is 436 g/mol. The lowest BCUT2D eigenvalue weighted by Crippen LogP contribution is -2.42. The molecule has 154 valence electrons. The molecule has 0 aliphatic rings. The Morgan fingerprint density at radius 1 is 1.28 bits per heavy atom. The van der Waals surface area contributed by atoms with Gasteiger partial charge in [-0.1, -0.05) is 30.3 Å². The van der Waals surface area contributed by atoms with Gasteiger partial charge < -0.3 is 10.3 Å². The number of benzene rings is 1. The molecule has 1 unspecified atom stereocenters. The third kappa shape index (κ3) is 3.72. The molecule has 3 rings (SSSR count). The molecule has 1 atom stereocenters. The summed E-state index contributed by atoms with van der Waals surface area (Å²) in [6, 6.07) is 5.48. The van der Waals surface area contributed by atoms with Gasteiger partial charge in [0.25, 0.3) is 5.56 Å². The number of hydrogen-bond acceptors (Lipinski definition) is 6. The number of carbonyl (C=O) groups is 1. The van der Waals surface area contributed by atoms with E-state index in [0.717, 1.165) is 33.1 Å². The Labute approximate surface area is 176 Å². The van der Waals surface area contributed by atoms with Gasteiger partial charge in [0.1, 0.15) is 11.4 Å². The molecule has 0 amide bonds. The van der Waals surface area contributed by atoms with E-state index in [2.05, 4.69) is 11.9 Å². The van der Waals surface area contributed by atoms with Crippen LogP contribution < -0.4 is 17.0 Å². The van der Waals surface area contributed by atoms with Gasteiger partial charge in [-0.05, 0) is 31.5 Å². The first-order valence-corrected chi connectivity index (χ1v) is 10.3. The molecule has 0 radical (unpaired) electrons. The summed E-state index contributed by atoms with van der Waals surface area (Å²) in [7, 11) is 2.75. The third-order valence-corrected chi connectivity index (χ3v) is 6.06. The van der Waals surface area contributed by atoms with Crippen molar-refractivity contribution >= 4 is 46.0 Å². The number of fused-ring (bicyclic) bond motifs is 1. The Kier molecular flexibility index (Phi) is 5.90. The summed E-state index contributed by atoms with van der Waals surface area (Å²) in [5, 5.41) is 0.608. The highest BCUT2D eigenvalue weighted by atomic mass is 35.5. The second-order valence-electron chi connectivity index (χ2n) is 6.77. The zero-order valence-corrected chi connectivity index (χ0v) is 18.2. The van der Waals surface area contributed by atoms with Crippen LogP contribution in [0.3, 0.4) is 0 Å². The molecule has 0 spiro atoms. The Bertz CT molecular complexity index is 1230. The molecule has 3 aromatic rings. The van der Waals surface area contributed by atoms with Crippen LogP contribution >= 0.6 is 23.4 Å². The lowest BCUT2D eigenvalue weighted by molar-refractivity contribution is 0.0992. The number of carbonyl (C=O) groups excluding carboxylic acids is 1. The van der Waals surface area contributed by atoms with E-state index in [1.807, 2.05) is 10.6 Å². The number of anilines is 1. The highest BCUT2D eigenvalue weighted by Crippen LogP contribution is 2.30. The fourth-order valence-electron chi connectivity index (χ4n) is 3.12. The van der Waals surface area contributed by atoms with E-state index < -0.39 is 22.3 Å². The maximum Gasteiger partial charge on any atom is 0.332 e. The van der Waals surface area contributed by atoms with Crippen LogP contribution in [0.15, 0.2) is 32.9 Å². The van der Waals surface area contributed by atoms with Crippen LogP contribution in [0.1, 0.15) is 30.6 Å². The number of nitrogen functional groups attached to an aromatic ring is 1. The molecule has 0 saturated carbocycles. The summed E-state index contributed by atoms with van der Waals surface area (Å²) >= 11 is 7.33. The smallest absolute Gasteiger partial charge is 0.332 e. The highest BCUT2D eigenvalue weighted by Gasteiger charge is 2.27. The molecule has 10 heteroatoms. The van der Waals surface area contributed by atoms with Gasteiger partial charge in [0.2, 0.25) is 0 Å². The first-order chi connectivity index (χ1) is 13.7. The topological polar surface area (TPSA) is 105 Å². The lowest BCUT2D eigenvalue weighted by Gasteiger charge is -2.15. The van der Waals surface area contributed by atoms with Crippen LogP contribution in [-0.4, -0.2) is 29.7 Å². The minimum absolute atomic E-state index is 0.135. The van der Waals surface area contributed by atoms with Crippen LogP contribution in [0.5, 0.6) is 0 Å². The second kappa shape index (κ2) is 8.08. The van der Waals surface area contributed by atoms with Crippen molar-refractivity contribution in [1.82, 2.24) is 18.7 Å². The molecule has 2 aromatic heterocycles. The first-order valence-electron chi connectivity index (χ1n) is 9.09. The predicted molar refractivity (Wildman–Crippen MR) is 116 cm³/mol. The quantitative estimate of drug-likeness (QED) is 0.471. The van der Waals surface area contributed by atoms with Gasteiger partial charge >= 0.3 is 5.69 Å². The van der Waals surface area contributed by atoms with Crippen molar-refractivity contribution in [3.63, 3.8) is 0 Å². The molecule has 0 saturated heterocycles. The SMILES string of the molecule is CCCn1c(SC(C)C(=O)c2c(N)n(C)c(=O)n(C)c2=O)nc2cc(Cl)ccc21. The number of nitrogens with two attached hydrogens (primary N) is 1. The Morgan fingerprint density at radius 2 is 1.97 bits per heavy atom. The largest absolute Gasteiger partial charge is 0.384 e. The number of thioether (sulfide) groups is 1. The Morgan fingerprint density at radius 3 is 2.62 bits per heavy atom. The molecule has 0 aliphatic heterocycles. The van der Waals surface area contributed by atoms with Gasteiger partial charge in [-0.15, -0.1) is 0 Å². The van der Waals surface area contributed by atoms with E-state index in [9.17, 15) is 14.4 Å². The Hall–Kier alpha value is -2.52. The molecule has 0 bridgehead atoms. The van der Waals surface area contributed by atoms with Gasteiger partial charge in [0, 0.05) is 25.7 Å². The average Bonchev–Trinajstić information content (AvgIpc) is 3.01. The van der Waals surface area contributed by atoms with Gasteiger partial charge in [0.15, 0.2) is 10.9 Å². The number of aromatic nitrogens is 4. The molecule has 2 heterocycles. The van der Waals surface area contributed by atoms with E-state index in [4.69, 9.17) is 17.3 Å². The van der Waals surface area contributed by atoms with Crippen molar-refractivity contribution in [2.45, 2.75) is 37.2 Å². The third-order valence-electron chi connectivity index (χ3n) is 4.73. The van der Waals surface area contributed by atoms with Gasteiger partial charge in [0.05, 0.1) is 16.3 Å². The summed E-state index contributed by atoms with van der Waals surface area (Å²) in [4.78, 5) is 42.2. The fraction of sp³-hybridized carbons (Fsp3) is 0.368. The van der Waals surface area contributed by atoms with Crippen LogP contribution in [0.25, 0.3) is 11.0 Å². The van der Waals surface area contributed by atoms with Crippen LogP contribution in [0, 0.1) is 0 Å². The molecule has 0 aliphatic carbocycles. The second-order valence-corrected chi connectivity index (χ2v) is 8.51. The number of Topliss-reactive ketones (excluding diaryl/α,β-unsaturated/α-hetero) is 1. The summed E-state index contributed by atoms with van der Waals surface area (Å²) in [6.45, 7) is 4.48. The predicted octanol–water partition coefficient (Wildman–Crippen LogP) is 2.44. The molecular formula is C19H22ClN5O3S. The number of aryl methyl sites for hydroxylation is 1. The molecule has 1 aromatic carbocycles. The molecule has 2 N–H and O–H groups in total. The van der Waals surface area contributed by atoms with Crippen molar-refractivity contribution in [2.75, 3.05) is 5.73 Å². The number of hydrogen-bond donors (Lipinski definition) is 1. The molecule has 0 fully saturated rings. The van der Waals surface area contributed by atoms with E-state index in [1.54, 1.807) is 19.1 Å². The van der Waals surface area contributed by atoms with Crippen LogP contribution in [0.4, 0.5) is 5.82 Å². The van der Waals surface area contributed by atoms with Crippen molar-refractivity contribution < 1.29 is 4.79 Å². The number of halogens is 1. The van der Waals surface area contributed by atoms with Gasteiger partial charge in [-0.2, -0.15) is 0 Å². The normalized spacial score (nSPS) is 12.4. The minimum Gasteiger partial charge on any atom is -0.384 e. The number of rotatable bonds is 6. The summed E-state index contributed by atoms with van der Waals surface area (Å²) < 4.78 is 4.01. The monoisotopic (exact) mass is 435 g/mol. The summed E-state index contributed by atoms with van der Waals surface area (Å²) in [5.74, 6) is -0.582. The number of ketones is 1. The van der Waals surface area contributed by atoms with E-state index in [1.165, 1.54) is 25.9 Å². The summed E-state index contributed by atoms with van der Waals surface area (Å²) in [6.07, 6.45) is 0.887.